The lowest BCUT2D eigenvalue weighted by atomic mass is 10.5. The van der Waals surface area contributed by atoms with Crippen molar-refractivity contribution < 1.29 is 9.94 Å². The summed E-state index contributed by atoms with van der Waals surface area (Å²) in [6.07, 6.45) is 1.56. The van der Waals surface area contributed by atoms with Crippen LogP contribution in [0.1, 0.15) is 0 Å². The quantitative estimate of drug-likeness (QED) is 0.417. The van der Waals surface area contributed by atoms with Crippen LogP contribution in [0.5, 0.6) is 0 Å². The number of hydrogen-bond acceptors (Lipinski definition) is 2. The lowest BCUT2D eigenvalue weighted by Gasteiger charge is -1.92. The highest BCUT2D eigenvalue weighted by Crippen LogP contribution is 1.92. The van der Waals surface area contributed by atoms with Gasteiger partial charge >= 0.3 is 5.82 Å². The number of nitrogens with one attached hydrogen (secondary N) is 1. The van der Waals surface area contributed by atoms with Crippen molar-refractivity contribution in [2.45, 2.75) is 0 Å². The van der Waals surface area contributed by atoms with Gasteiger partial charge in [-0.05, 0) is 6.07 Å². The number of anilines is 1. The van der Waals surface area contributed by atoms with E-state index >= 15 is 0 Å². The molecule has 9 heavy (non-hydrogen) atoms. The second kappa shape index (κ2) is 2.35. The summed E-state index contributed by atoms with van der Waals surface area (Å²) in [6, 6.07) is 5.37. The first-order valence-corrected chi connectivity index (χ1v) is 2.72. The van der Waals surface area contributed by atoms with Crippen LogP contribution in [0.15, 0.2) is 24.4 Å². The van der Waals surface area contributed by atoms with Crippen LogP contribution in [0.2, 0.25) is 0 Å². The van der Waals surface area contributed by atoms with Crippen molar-refractivity contribution in [3.63, 3.8) is 0 Å². The van der Waals surface area contributed by atoms with E-state index in [1.807, 2.05) is 6.07 Å². The molecule has 48 valence electrons. The van der Waals surface area contributed by atoms with Gasteiger partial charge in [0.1, 0.15) is 6.20 Å². The minimum Gasteiger partial charge on any atom is -0.350 e. The van der Waals surface area contributed by atoms with Crippen LogP contribution in [0.4, 0.5) is 5.82 Å². The standard InChI is InChI=1S/C6H8N2O/c1-7-6-4-2-3-5-8(6)9/h2-5,9H,1H3/p+1. The van der Waals surface area contributed by atoms with E-state index in [4.69, 9.17) is 5.21 Å². The lowest BCUT2D eigenvalue weighted by molar-refractivity contribution is -0.893. The van der Waals surface area contributed by atoms with Crippen molar-refractivity contribution in [1.82, 2.24) is 0 Å². The number of pyridine rings is 1. The zero-order chi connectivity index (χ0) is 6.69. The molecule has 0 unspecified atom stereocenters. The maximum atomic E-state index is 8.96. The average molecular weight is 125 g/mol. The molecular weight excluding hydrogens is 116 g/mol. The van der Waals surface area contributed by atoms with Gasteiger partial charge in [-0.3, -0.25) is 5.32 Å². The Morgan fingerprint density at radius 2 is 2.33 bits per heavy atom. The molecule has 0 bridgehead atoms. The second-order valence-electron chi connectivity index (χ2n) is 1.68. The lowest BCUT2D eigenvalue weighted by Crippen LogP contribution is -2.32. The fraction of sp³-hybridized carbons (Fsp3) is 0.167. The Labute approximate surface area is 53.5 Å². The normalized spacial score (nSPS) is 9.00. The van der Waals surface area contributed by atoms with Gasteiger partial charge in [-0.2, -0.15) is 0 Å². The SMILES string of the molecule is CNc1cccc[n+]1O. The van der Waals surface area contributed by atoms with Crippen LogP contribution in [-0.4, -0.2) is 12.3 Å². The van der Waals surface area contributed by atoms with E-state index in [2.05, 4.69) is 5.32 Å². The van der Waals surface area contributed by atoms with Crippen LogP contribution in [-0.2, 0) is 0 Å². The number of hydrogen-bond donors (Lipinski definition) is 2. The minimum atomic E-state index is 0.678. The zero-order valence-corrected chi connectivity index (χ0v) is 5.20. The van der Waals surface area contributed by atoms with E-state index in [0.717, 1.165) is 4.73 Å². The fourth-order valence-corrected chi connectivity index (χ4v) is 0.632. The molecule has 3 heteroatoms. The second-order valence-corrected chi connectivity index (χ2v) is 1.68. The van der Waals surface area contributed by atoms with Crippen molar-refractivity contribution in [3.05, 3.63) is 24.4 Å². The van der Waals surface area contributed by atoms with Gasteiger partial charge in [0, 0.05) is 6.07 Å². The molecule has 0 saturated heterocycles. The molecule has 0 fully saturated rings. The molecule has 0 radical (unpaired) electrons. The molecule has 0 aliphatic rings. The van der Waals surface area contributed by atoms with Crippen molar-refractivity contribution in [3.8, 4) is 0 Å². The molecule has 0 saturated carbocycles. The van der Waals surface area contributed by atoms with Gasteiger partial charge in [0.05, 0.1) is 7.05 Å². The topological polar surface area (TPSA) is 36.1 Å². The summed E-state index contributed by atoms with van der Waals surface area (Å²) in [5, 5.41) is 11.8. The molecule has 2 N–H and O–H groups in total. The highest BCUT2D eigenvalue weighted by Gasteiger charge is 1.99. The van der Waals surface area contributed by atoms with Crippen LogP contribution in [0, 0.1) is 0 Å². The molecule has 1 heterocycles. The molecule has 0 spiro atoms. The van der Waals surface area contributed by atoms with Crippen LogP contribution in [0.25, 0.3) is 0 Å². The zero-order valence-electron chi connectivity index (χ0n) is 5.20. The van der Waals surface area contributed by atoms with Gasteiger partial charge in [0.2, 0.25) is 0 Å². The largest absolute Gasteiger partial charge is 0.350 e. The van der Waals surface area contributed by atoms with Crippen molar-refractivity contribution in [2.75, 3.05) is 12.4 Å². The Kier molecular flexibility index (Phi) is 1.53. The third-order valence-corrected chi connectivity index (χ3v) is 1.10. The molecule has 0 aliphatic heterocycles. The van der Waals surface area contributed by atoms with E-state index in [1.54, 1.807) is 25.4 Å². The maximum absolute atomic E-state index is 8.96. The number of aromatic nitrogens is 1. The Morgan fingerprint density at radius 3 is 2.78 bits per heavy atom. The van der Waals surface area contributed by atoms with E-state index < -0.39 is 0 Å². The van der Waals surface area contributed by atoms with E-state index in [0.29, 0.717) is 5.82 Å². The number of rotatable bonds is 1. The van der Waals surface area contributed by atoms with Crippen molar-refractivity contribution in [1.29, 1.82) is 0 Å². The highest BCUT2D eigenvalue weighted by atomic mass is 16.5. The van der Waals surface area contributed by atoms with Gasteiger partial charge in [-0.1, -0.05) is 10.8 Å². The molecule has 1 rings (SSSR count). The summed E-state index contributed by atoms with van der Waals surface area (Å²) in [6.45, 7) is 0. The summed E-state index contributed by atoms with van der Waals surface area (Å²) >= 11 is 0. The van der Waals surface area contributed by atoms with Gasteiger partial charge in [-0.25, -0.2) is 0 Å². The summed E-state index contributed by atoms with van der Waals surface area (Å²) in [5.41, 5.74) is 0. The molecule has 0 atom stereocenters. The maximum Gasteiger partial charge on any atom is 0.313 e. The van der Waals surface area contributed by atoms with Gasteiger partial charge in [0.15, 0.2) is 0 Å². The molecule has 0 aliphatic carbocycles. The van der Waals surface area contributed by atoms with Gasteiger partial charge < -0.3 is 5.21 Å². The average Bonchev–Trinajstić information content (AvgIpc) is 1.89. The fourth-order valence-electron chi connectivity index (χ4n) is 0.632. The molecular formula is C6H9N2O+. The summed E-state index contributed by atoms with van der Waals surface area (Å²) in [4.78, 5) is 0. The highest BCUT2D eigenvalue weighted by molar-refractivity contribution is 5.25. The summed E-state index contributed by atoms with van der Waals surface area (Å²) in [7, 11) is 1.75. The molecule has 0 amide bonds. The Balaban J connectivity index is 3.01. The minimum absolute atomic E-state index is 0.678. The third-order valence-electron chi connectivity index (χ3n) is 1.10. The van der Waals surface area contributed by atoms with Crippen molar-refractivity contribution in [2.24, 2.45) is 0 Å². The number of nitrogens with zero attached hydrogens (tertiary/aromatic N) is 1. The van der Waals surface area contributed by atoms with Crippen LogP contribution in [0.3, 0.4) is 0 Å². The molecule has 0 aromatic carbocycles. The first-order chi connectivity index (χ1) is 4.34. The third kappa shape index (κ3) is 1.10. The monoisotopic (exact) mass is 125 g/mol. The van der Waals surface area contributed by atoms with Gasteiger partial charge in [-0.15, -0.1) is 0 Å². The van der Waals surface area contributed by atoms with E-state index in [1.165, 1.54) is 0 Å². The van der Waals surface area contributed by atoms with E-state index in [-0.39, 0.29) is 0 Å². The summed E-state index contributed by atoms with van der Waals surface area (Å²) < 4.78 is 1.03. The predicted molar refractivity (Wildman–Crippen MR) is 33.4 cm³/mol. The molecule has 3 nitrogen and oxygen atoms in total. The first kappa shape index (κ1) is 5.88. The van der Waals surface area contributed by atoms with E-state index in [9.17, 15) is 0 Å². The molecule has 1 aromatic heterocycles. The Morgan fingerprint density at radius 1 is 1.56 bits per heavy atom. The first-order valence-electron chi connectivity index (χ1n) is 2.72. The molecule has 1 aromatic rings. The van der Waals surface area contributed by atoms with Crippen LogP contribution >= 0.6 is 0 Å². The Hall–Kier alpha value is -1.25. The van der Waals surface area contributed by atoms with Gasteiger partial charge in [0.25, 0.3) is 0 Å². The Bertz CT molecular complexity index is 200. The van der Waals surface area contributed by atoms with Crippen molar-refractivity contribution >= 4 is 5.82 Å². The smallest absolute Gasteiger partial charge is 0.313 e. The van der Waals surface area contributed by atoms with Crippen LogP contribution < -0.4 is 10.0 Å². The summed E-state index contributed by atoms with van der Waals surface area (Å²) in [5.74, 6) is 0.678. The predicted octanol–water partition coefficient (Wildman–Crippen LogP) is 0.253.